The molecule has 6 nitrogen and oxygen atoms in total. The number of guanidine groups is 1. The lowest BCUT2D eigenvalue weighted by atomic mass is 10.1. The minimum atomic E-state index is -4.42. The van der Waals surface area contributed by atoms with E-state index in [9.17, 15) is 18.0 Å². The van der Waals surface area contributed by atoms with Crippen molar-refractivity contribution in [3.8, 4) is 5.75 Å². The zero-order chi connectivity index (χ0) is 20.4. The van der Waals surface area contributed by atoms with E-state index in [0.29, 0.717) is 18.1 Å². The van der Waals surface area contributed by atoms with Crippen LogP contribution in [0.5, 0.6) is 5.75 Å². The van der Waals surface area contributed by atoms with Crippen LogP contribution < -0.4 is 15.4 Å². The SMILES string of the molecule is C=CCNC(=NCc1ccc(C)cc1OCC(F)(F)F)NCC(=O)N(C)C.I. The van der Waals surface area contributed by atoms with Gasteiger partial charge in [0.05, 0.1) is 13.1 Å². The molecule has 0 radical (unpaired) electrons. The smallest absolute Gasteiger partial charge is 0.422 e. The fourth-order valence-electron chi connectivity index (χ4n) is 1.91. The Morgan fingerprint density at radius 2 is 2.00 bits per heavy atom. The number of likely N-dealkylation sites (N-methyl/N-ethyl adjacent to an activating group) is 1. The molecule has 10 heteroatoms. The lowest BCUT2D eigenvalue weighted by molar-refractivity contribution is -0.153. The molecule has 0 unspecified atom stereocenters. The summed E-state index contributed by atoms with van der Waals surface area (Å²) in [6.45, 7) is 4.51. The lowest BCUT2D eigenvalue weighted by Crippen LogP contribution is -2.43. The molecule has 0 aliphatic carbocycles. The van der Waals surface area contributed by atoms with Crippen molar-refractivity contribution >= 4 is 35.8 Å². The van der Waals surface area contributed by atoms with Gasteiger partial charge in [-0.15, -0.1) is 30.6 Å². The quantitative estimate of drug-likeness (QED) is 0.243. The maximum absolute atomic E-state index is 12.5. The average molecular weight is 514 g/mol. The molecule has 0 aromatic heterocycles. The highest BCUT2D eigenvalue weighted by Gasteiger charge is 2.28. The second-order valence-corrected chi connectivity index (χ2v) is 5.99. The van der Waals surface area contributed by atoms with E-state index in [4.69, 9.17) is 4.74 Å². The summed E-state index contributed by atoms with van der Waals surface area (Å²) in [5.41, 5.74) is 1.28. The van der Waals surface area contributed by atoms with E-state index >= 15 is 0 Å². The zero-order valence-corrected chi connectivity index (χ0v) is 18.4. The Morgan fingerprint density at radius 1 is 1.32 bits per heavy atom. The number of benzene rings is 1. The van der Waals surface area contributed by atoms with Crippen molar-refractivity contribution in [1.82, 2.24) is 15.5 Å². The number of nitrogens with one attached hydrogen (secondary N) is 2. The van der Waals surface area contributed by atoms with Gasteiger partial charge in [0.2, 0.25) is 5.91 Å². The van der Waals surface area contributed by atoms with E-state index in [1.165, 1.54) is 11.0 Å². The van der Waals surface area contributed by atoms with Crippen LogP contribution in [-0.2, 0) is 11.3 Å². The van der Waals surface area contributed by atoms with Gasteiger partial charge in [-0.3, -0.25) is 4.79 Å². The topological polar surface area (TPSA) is 66.0 Å². The third-order valence-electron chi connectivity index (χ3n) is 3.34. The van der Waals surface area contributed by atoms with Crippen LogP contribution in [0.4, 0.5) is 13.2 Å². The third-order valence-corrected chi connectivity index (χ3v) is 3.34. The van der Waals surface area contributed by atoms with Crippen LogP contribution in [-0.4, -0.2) is 56.7 Å². The van der Waals surface area contributed by atoms with Gasteiger partial charge in [-0.2, -0.15) is 13.2 Å². The number of alkyl halides is 3. The van der Waals surface area contributed by atoms with Gasteiger partial charge in [-0.1, -0.05) is 18.2 Å². The fraction of sp³-hybridized carbons (Fsp3) is 0.444. The molecule has 0 heterocycles. The van der Waals surface area contributed by atoms with Crippen LogP contribution in [0.3, 0.4) is 0 Å². The van der Waals surface area contributed by atoms with E-state index in [1.807, 2.05) is 0 Å². The Bertz CT molecular complexity index is 679. The predicted octanol–water partition coefficient (Wildman–Crippen LogP) is 2.86. The molecule has 1 rings (SSSR count). The number of rotatable bonds is 8. The van der Waals surface area contributed by atoms with Gasteiger partial charge in [-0.25, -0.2) is 4.99 Å². The molecule has 1 amide bonds. The Kier molecular flexibility index (Phi) is 11.6. The van der Waals surface area contributed by atoms with E-state index in [1.54, 1.807) is 39.2 Å². The number of hydrogen-bond donors (Lipinski definition) is 2. The highest BCUT2D eigenvalue weighted by atomic mass is 127. The number of carbonyl (C=O) groups is 1. The number of nitrogens with zero attached hydrogens (tertiary/aromatic N) is 2. The maximum atomic E-state index is 12.5. The van der Waals surface area contributed by atoms with Crippen molar-refractivity contribution < 1.29 is 22.7 Å². The van der Waals surface area contributed by atoms with Crippen LogP contribution >= 0.6 is 24.0 Å². The predicted molar refractivity (Wildman–Crippen MR) is 114 cm³/mol. The summed E-state index contributed by atoms with van der Waals surface area (Å²) in [6.07, 6.45) is -2.80. The molecule has 2 N–H and O–H groups in total. The first kappa shape index (κ1) is 26.0. The summed E-state index contributed by atoms with van der Waals surface area (Å²) >= 11 is 0. The van der Waals surface area contributed by atoms with Crippen molar-refractivity contribution in [3.05, 3.63) is 42.0 Å². The monoisotopic (exact) mass is 514 g/mol. The molecular formula is C18H26F3IN4O2. The lowest BCUT2D eigenvalue weighted by Gasteiger charge is -2.15. The minimum Gasteiger partial charge on any atom is -0.484 e. The first-order chi connectivity index (χ1) is 12.6. The molecule has 0 bridgehead atoms. The van der Waals surface area contributed by atoms with Crippen LogP contribution in [0.2, 0.25) is 0 Å². The van der Waals surface area contributed by atoms with Crippen LogP contribution in [0.1, 0.15) is 11.1 Å². The van der Waals surface area contributed by atoms with Crippen molar-refractivity contribution in [2.24, 2.45) is 4.99 Å². The summed E-state index contributed by atoms with van der Waals surface area (Å²) in [7, 11) is 3.27. The Balaban J connectivity index is 0.00000729. The number of aliphatic imine (C=N–C) groups is 1. The standard InChI is InChI=1S/C18H25F3N4O2.HI/c1-5-8-22-17(24-11-16(26)25(3)4)23-10-14-7-6-13(2)9-15(14)27-12-18(19,20)21;/h5-7,9H,1,8,10-12H2,2-4H3,(H2,22,23,24);1H. The molecule has 0 aliphatic rings. The van der Waals surface area contributed by atoms with Crippen molar-refractivity contribution in [1.29, 1.82) is 0 Å². The largest absolute Gasteiger partial charge is 0.484 e. The number of hydrogen-bond acceptors (Lipinski definition) is 3. The molecular weight excluding hydrogens is 488 g/mol. The fourth-order valence-corrected chi connectivity index (χ4v) is 1.91. The summed E-state index contributed by atoms with van der Waals surface area (Å²) in [4.78, 5) is 17.4. The molecule has 0 saturated carbocycles. The van der Waals surface area contributed by atoms with Gasteiger partial charge in [0, 0.05) is 26.2 Å². The Hall–Kier alpha value is -1.98. The average Bonchev–Trinajstić information content (AvgIpc) is 2.59. The van der Waals surface area contributed by atoms with E-state index < -0.39 is 12.8 Å². The van der Waals surface area contributed by atoms with E-state index in [2.05, 4.69) is 22.2 Å². The van der Waals surface area contributed by atoms with Gasteiger partial charge in [-0.05, 0) is 18.6 Å². The third kappa shape index (κ3) is 10.4. The highest BCUT2D eigenvalue weighted by Crippen LogP contribution is 2.24. The number of carbonyl (C=O) groups excluding carboxylic acids is 1. The number of amides is 1. The molecule has 0 fully saturated rings. The van der Waals surface area contributed by atoms with Crippen LogP contribution in [0, 0.1) is 6.92 Å². The van der Waals surface area contributed by atoms with E-state index in [-0.39, 0.29) is 48.7 Å². The van der Waals surface area contributed by atoms with Crippen molar-refractivity contribution in [2.75, 3.05) is 33.8 Å². The summed E-state index contributed by atoms with van der Waals surface area (Å²) < 4.78 is 42.3. The van der Waals surface area contributed by atoms with E-state index in [0.717, 1.165) is 5.56 Å². The van der Waals surface area contributed by atoms with Gasteiger partial charge in [0.1, 0.15) is 5.75 Å². The molecule has 1 aromatic carbocycles. The normalized spacial score (nSPS) is 11.3. The molecule has 28 heavy (non-hydrogen) atoms. The Morgan fingerprint density at radius 3 is 2.57 bits per heavy atom. The minimum absolute atomic E-state index is 0. The van der Waals surface area contributed by atoms with Gasteiger partial charge >= 0.3 is 6.18 Å². The van der Waals surface area contributed by atoms with Gasteiger partial charge < -0.3 is 20.3 Å². The molecule has 1 aromatic rings. The number of halogens is 4. The summed E-state index contributed by atoms with van der Waals surface area (Å²) in [5.74, 6) is 0.323. The van der Waals surface area contributed by atoms with Gasteiger partial charge in [0.25, 0.3) is 0 Å². The second-order valence-electron chi connectivity index (χ2n) is 5.99. The summed E-state index contributed by atoms with van der Waals surface area (Å²) in [5, 5.41) is 5.82. The molecule has 0 aliphatic heterocycles. The first-order valence-electron chi connectivity index (χ1n) is 8.24. The zero-order valence-electron chi connectivity index (χ0n) is 16.1. The molecule has 0 atom stereocenters. The molecule has 0 spiro atoms. The maximum Gasteiger partial charge on any atom is 0.422 e. The molecule has 0 saturated heterocycles. The van der Waals surface area contributed by atoms with Crippen molar-refractivity contribution in [2.45, 2.75) is 19.6 Å². The summed E-state index contributed by atoms with van der Waals surface area (Å²) in [6, 6.07) is 4.97. The van der Waals surface area contributed by atoms with Crippen LogP contribution in [0.25, 0.3) is 0 Å². The first-order valence-corrected chi connectivity index (χ1v) is 8.24. The van der Waals surface area contributed by atoms with Gasteiger partial charge in [0.15, 0.2) is 12.6 Å². The molecule has 158 valence electrons. The Labute approximate surface area is 180 Å². The van der Waals surface area contributed by atoms with Crippen molar-refractivity contribution in [3.63, 3.8) is 0 Å². The highest BCUT2D eigenvalue weighted by molar-refractivity contribution is 14.0. The van der Waals surface area contributed by atoms with Crippen LogP contribution in [0.15, 0.2) is 35.8 Å². The number of ether oxygens (including phenoxy) is 1. The number of aryl methyl sites for hydroxylation is 1. The second kappa shape index (κ2) is 12.5.